The lowest BCUT2D eigenvalue weighted by Crippen LogP contribution is -2.12. The number of nitrogens with one attached hydrogen (secondary N) is 1. The molecule has 0 aromatic heterocycles. The Morgan fingerprint density at radius 1 is 1.20 bits per heavy atom. The molecule has 1 unspecified atom stereocenters. The highest BCUT2D eigenvalue weighted by Crippen LogP contribution is 2.32. The molecule has 0 aromatic carbocycles. The number of rotatable bonds is 6. The Morgan fingerprint density at radius 2 is 2.07 bits per heavy atom. The molecule has 0 amide bonds. The van der Waals surface area contributed by atoms with E-state index in [0.29, 0.717) is 18.9 Å². The van der Waals surface area contributed by atoms with Crippen LogP contribution >= 0.6 is 0 Å². The van der Waals surface area contributed by atoms with Crippen molar-refractivity contribution >= 4 is 5.97 Å². The molecular formula is C12H21NO2. The fourth-order valence-corrected chi connectivity index (χ4v) is 2.10. The molecule has 0 spiro atoms. The van der Waals surface area contributed by atoms with Gasteiger partial charge in [0.2, 0.25) is 0 Å². The minimum Gasteiger partial charge on any atom is -0.466 e. The van der Waals surface area contributed by atoms with Crippen LogP contribution in [0.1, 0.15) is 38.5 Å². The van der Waals surface area contributed by atoms with E-state index in [1.807, 2.05) is 0 Å². The van der Waals surface area contributed by atoms with Gasteiger partial charge in [-0.05, 0) is 44.2 Å². The molecule has 1 saturated heterocycles. The summed E-state index contributed by atoms with van der Waals surface area (Å²) in [4.78, 5) is 11.4. The fraction of sp³-hybridized carbons (Fsp3) is 0.917. The predicted octanol–water partition coefficient (Wildman–Crippen LogP) is 1.72. The van der Waals surface area contributed by atoms with Crippen LogP contribution in [-0.4, -0.2) is 25.7 Å². The maximum atomic E-state index is 11.4. The van der Waals surface area contributed by atoms with Crippen molar-refractivity contribution in [3.8, 4) is 0 Å². The van der Waals surface area contributed by atoms with Crippen LogP contribution in [-0.2, 0) is 9.53 Å². The Morgan fingerprint density at radius 3 is 2.73 bits per heavy atom. The Hall–Kier alpha value is -0.570. The molecule has 2 aliphatic rings. The Balaban J connectivity index is 1.47. The number of carbonyl (C=O) groups excluding carboxylic acids is 1. The molecular weight excluding hydrogens is 190 g/mol. The van der Waals surface area contributed by atoms with Gasteiger partial charge in [0, 0.05) is 6.42 Å². The first kappa shape index (κ1) is 10.9. The SMILES string of the molecule is O=C(CCC1CCNC1)OCCC1CC1. The van der Waals surface area contributed by atoms with Gasteiger partial charge in [0.15, 0.2) is 0 Å². The zero-order valence-electron chi connectivity index (χ0n) is 9.34. The number of esters is 1. The van der Waals surface area contributed by atoms with Gasteiger partial charge in [-0.15, -0.1) is 0 Å². The van der Waals surface area contributed by atoms with Crippen LogP contribution in [0.25, 0.3) is 0 Å². The summed E-state index contributed by atoms with van der Waals surface area (Å²) >= 11 is 0. The van der Waals surface area contributed by atoms with E-state index in [9.17, 15) is 4.79 Å². The van der Waals surface area contributed by atoms with Gasteiger partial charge < -0.3 is 10.1 Å². The number of hydrogen-bond acceptors (Lipinski definition) is 3. The highest BCUT2D eigenvalue weighted by Gasteiger charge is 2.21. The van der Waals surface area contributed by atoms with Crippen molar-refractivity contribution in [1.82, 2.24) is 5.32 Å². The third-order valence-corrected chi connectivity index (χ3v) is 3.41. The third-order valence-electron chi connectivity index (χ3n) is 3.41. The molecule has 1 aliphatic heterocycles. The maximum Gasteiger partial charge on any atom is 0.305 e. The number of ether oxygens (including phenoxy) is 1. The topological polar surface area (TPSA) is 38.3 Å². The van der Waals surface area contributed by atoms with Gasteiger partial charge in [-0.2, -0.15) is 0 Å². The predicted molar refractivity (Wildman–Crippen MR) is 58.5 cm³/mol. The second kappa shape index (κ2) is 5.50. The highest BCUT2D eigenvalue weighted by atomic mass is 16.5. The van der Waals surface area contributed by atoms with Crippen molar-refractivity contribution in [2.45, 2.75) is 38.5 Å². The van der Waals surface area contributed by atoms with Crippen molar-refractivity contribution < 1.29 is 9.53 Å². The van der Waals surface area contributed by atoms with Crippen molar-refractivity contribution in [2.75, 3.05) is 19.7 Å². The average molecular weight is 211 g/mol. The molecule has 0 bridgehead atoms. The largest absolute Gasteiger partial charge is 0.466 e. The quantitative estimate of drug-likeness (QED) is 0.680. The molecule has 86 valence electrons. The Labute approximate surface area is 91.6 Å². The lowest BCUT2D eigenvalue weighted by atomic mass is 10.0. The van der Waals surface area contributed by atoms with Crippen molar-refractivity contribution in [2.24, 2.45) is 11.8 Å². The van der Waals surface area contributed by atoms with Gasteiger partial charge in [0.25, 0.3) is 0 Å². The van der Waals surface area contributed by atoms with E-state index >= 15 is 0 Å². The summed E-state index contributed by atoms with van der Waals surface area (Å²) in [5, 5.41) is 3.31. The Bertz CT molecular complexity index is 208. The molecule has 1 aliphatic carbocycles. The van der Waals surface area contributed by atoms with E-state index in [-0.39, 0.29) is 5.97 Å². The highest BCUT2D eigenvalue weighted by molar-refractivity contribution is 5.69. The first-order valence-corrected chi connectivity index (χ1v) is 6.21. The molecule has 1 saturated carbocycles. The first-order chi connectivity index (χ1) is 7.34. The molecule has 1 atom stereocenters. The third kappa shape index (κ3) is 4.20. The summed E-state index contributed by atoms with van der Waals surface area (Å²) in [5.41, 5.74) is 0. The zero-order valence-corrected chi connectivity index (χ0v) is 9.34. The molecule has 3 heteroatoms. The van der Waals surface area contributed by atoms with Gasteiger partial charge >= 0.3 is 5.97 Å². The summed E-state index contributed by atoms with van der Waals surface area (Å²) in [7, 11) is 0. The summed E-state index contributed by atoms with van der Waals surface area (Å²) in [6.45, 7) is 2.84. The summed E-state index contributed by atoms with van der Waals surface area (Å²) in [5.74, 6) is 1.56. The lowest BCUT2D eigenvalue weighted by molar-refractivity contribution is -0.144. The molecule has 15 heavy (non-hydrogen) atoms. The van der Waals surface area contributed by atoms with Crippen LogP contribution < -0.4 is 5.32 Å². The zero-order chi connectivity index (χ0) is 10.5. The minimum absolute atomic E-state index is 0.00236. The summed E-state index contributed by atoms with van der Waals surface area (Å²) in [6.07, 6.45) is 6.58. The molecule has 2 rings (SSSR count). The van der Waals surface area contributed by atoms with Gasteiger partial charge in [-0.3, -0.25) is 4.79 Å². The average Bonchev–Trinajstić information content (AvgIpc) is 2.91. The molecule has 0 aromatic rings. The number of carbonyl (C=O) groups is 1. The molecule has 0 radical (unpaired) electrons. The van der Waals surface area contributed by atoms with Gasteiger partial charge in [-0.1, -0.05) is 12.8 Å². The fourth-order valence-electron chi connectivity index (χ4n) is 2.10. The smallest absolute Gasteiger partial charge is 0.305 e. The monoisotopic (exact) mass is 211 g/mol. The standard InChI is InChI=1S/C12H21NO2/c14-12(15-8-6-10-1-2-10)4-3-11-5-7-13-9-11/h10-11,13H,1-9H2. The van der Waals surface area contributed by atoms with Gasteiger partial charge in [0.1, 0.15) is 0 Å². The normalized spacial score (nSPS) is 25.5. The molecule has 3 nitrogen and oxygen atoms in total. The van der Waals surface area contributed by atoms with Crippen molar-refractivity contribution in [1.29, 1.82) is 0 Å². The van der Waals surface area contributed by atoms with E-state index in [1.54, 1.807) is 0 Å². The van der Waals surface area contributed by atoms with Crippen LogP contribution in [0.3, 0.4) is 0 Å². The van der Waals surface area contributed by atoms with Crippen LogP contribution in [0.4, 0.5) is 0 Å². The minimum atomic E-state index is 0.00236. The van der Waals surface area contributed by atoms with Crippen LogP contribution in [0, 0.1) is 11.8 Å². The van der Waals surface area contributed by atoms with E-state index in [2.05, 4.69) is 5.32 Å². The van der Waals surface area contributed by atoms with Crippen LogP contribution in [0.2, 0.25) is 0 Å². The second-order valence-corrected chi connectivity index (χ2v) is 4.85. The first-order valence-electron chi connectivity index (χ1n) is 6.21. The van der Waals surface area contributed by atoms with Crippen LogP contribution in [0.5, 0.6) is 0 Å². The van der Waals surface area contributed by atoms with E-state index < -0.39 is 0 Å². The van der Waals surface area contributed by atoms with Crippen LogP contribution in [0.15, 0.2) is 0 Å². The van der Waals surface area contributed by atoms with Crippen molar-refractivity contribution in [3.05, 3.63) is 0 Å². The molecule has 1 N–H and O–H groups in total. The van der Waals surface area contributed by atoms with E-state index in [4.69, 9.17) is 4.74 Å². The molecule has 1 heterocycles. The summed E-state index contributed by atoms with van der Waals surface area (Å²) in [6, 6.07) is 0. The lowest BCUT2D eigenvalue weighted by Gasteiger charge is -2.07. The number of hydrogen-bond donors (Lipinski definition) is 1. The van der Waals surface area contributed by atoms with Gasteiger partial charge in [-0.25, -0.2) is 0 Å². The van der Waals surface area contributed by atoms with E-state index in [0.717, 1.165) is 31.8 Å². The Kier molecular flexibility index (Phi) is 4.01. The summed E-state index contributed by atoms with van der Waals surface area (Å²) < 4.78 is 5.19. The molecule has 2 fully saturated rings. The van der Waals surface area contributed by atoms with Crippen molar-refractivity contribution in [3.63, 3.8) is 0 Å². The van der Waals surface area contributed by atoms with E-state index in [1.165, 1.54) is 19.3 Å². The second-order valence-electron chi connectivity index (χ2n) is 4.85. The van der Waals surface area contributed by atoms with Gasteiger partial charge in [0.05, 0.1) is 6.61 Å². The maximum absolute atomic E-state index is 11.4.